The van der Waals surface area contributed by atoms with Crippen LogP contribution >= 0.6 is 48.8 Å². The van der Waals surface area contributed by atoms with Gasteiger partial charge in [0.1, 0.15) is 11.2 Å². The molecule has 1 aliphatic rings. The number of rotatable bonds is 4. The highest BCUT2D eigenvalue weighted by Gasteiger charge is 2.18. The number of halogens is 4. The molecule has 1 aliphatic heterocycles. The fraction of sp³-hybridized carbons (Fsp3) is 0.350. The van der Waals surface area contributed by atoms with Crippen molar-refractivity contribution in [3.05, 3.63) is 57.2 Å². The van der Waals surface area contributed by atoms with Gasteiger partial charge in [-0.3, -0.25) is 14.6 Å². The van der Waals surface area contributed by atoms with E-state index in [0.29, 0.717) is 27.0 Å². The molecule has 5 nitrogen and oxygen atoms in total. The zero-order valence-electron chi connectivity index (χ0n) is 15.7. The second kappa shape index (κ2) is 11.4. The number of hydrogen-bond acceptors (Lipinski definition) is 5. The summed E-state index contributed by atoms with van der Waals surface area (Å²) >= 11 is 6.06. The zero-order valence-corrected chi connectivity index (χ0v) is 18.9. The first-order valence-corrected chi connectivity index (χ1v) is 9.23. The van der Waals surface area contributed by atoms with Gasteiger partial charge in [0.25, 0.3) is 0 Å². The number of aliphatic hydroxyl groups excluding tert-OH is 1. The lowest BCUT2D eigenvalue weighted by atomic mass is 10.1. The predicted molar refractivity (Wildman–Crippen MR) is 126 cm³/mol. The van der Waals surface area contributed by atoms with Crippen molar-refractivity contribution in [2.45, 2.75) is 6.54 Å². The molecule has 0 bridgehead atoms. The SMILES string of the molecule is Cl.Cl.Cl.O=c1c2ccc(Cl)cc2oc2c(CN3CCN(CCO)CC3)cccc12. The van der Waals surface area contributed by atoms with E-state index >= 15 is 0 Å². The molecule has 9 heteroatoms. The van der Waals surface area contributed by atoms with Gasteiger partial charge >= 0.3 is 0 Å². The van der Waals surface area contributed by atoms with Crippen LogP contribution in [0.3, 0.4) is 0 Å². The van der Waals surface area contributed by atoms with Crippen molar-refractivity contribution in [1.82, 2.24) is 9.80 Å². The summed E-state index contributed by atoms with van der Waals surface area (Å²) in [5, 5.41) is 10.8. The van der Waals surface area contributed by atoms with E-state index in [2.05, 4.69) is 9.80 Å². The van der Waals surface area contributed by atoms with Gasteiger partial charge in [-0.25, -0.2) is 0 Å². The summed E-state index contributed by atoms with van der Waals surface area (Å²) in [5.74, 6) is 0. The highest BCUT2D eigenvalue weighted by atomic mass is 35.5. The molecule has 1 aromatic heterocycles. The maximum atomic E-state index is 12.8. The van der Waals surface area contributed by atoms with Gasteiger partial charge < -0.3 is 9.52 Å². The number of hydrogen-bond donors (Lipinski definition) is 1. The Hall–Kier alpha value is -1.05. The normalized spacial score (nSPS) is 14.8. The number of β-amino-alcohol motifs (C(OH)–C–C–N with tert-alkyl or cyclic N) is 1. The first-order valence-electron chi connectivity index (χ1n) is 8.85. The van der Waals surface area contributed by atoms with Crippen LogP contribution in [0.2, 0.25) is 5.02 Å². The van der Waals surface area contributed by atoms with Crippen molar-refractivity contribution >= 4 is 70.8 Å². The van der Waals surface area contributed by atoms with E-state index in [0.717, 1.165) is 44.8 Å². The lowest BCUT2D eigenvalue weighted by Crippen LogP contribution is -2.46. The van der Waals surface area contributed by atoms with Gasteiger partial charge in [0.15, 0.2) is 0 Å². The highest BCUT2D eigenvalue weighted by Crippen LogP contribution is 2.25. The Labute approximate surface area is 192 Å². The number of piperazine rings is 1. The van der Waals surface area contributed by atoms with Gasteiger partial charge in [-0.2, -0.15) is 0 Å². The van der Waals surface area contributed by atoms with Crippen molar-refractivity contribution in [2.24, 2.45) is 0 Å². The van der Waals surface area contributed by atoms with Gasteiger partial charge in [-0.15, -0.1) is 37.2 Å². The molecule has 29 heavy (non-hydrogen) atoms. The molecule has 160 valence electrons. The Balaban J connectivity index is 0.00000140. The minimum atomic E-state index is -0.0208. The van der Waals surface area contributed by atoms with Gasteiger partial charge in [-0.1, -0.05) is 23.7 Å². The van der Waals surface area contributed by atoms with Crippen molar-refractivity contribution < 1.29 is 9.52 Å². The molecule has 0 radical (unpaired) electrons. The van der Waals surface area contributed by atoms with Crippen LogP contribution in [0, 0.1) is 0 Å². The third-order valence-corrected chi connectivity index (χ3v) is 5.25. The molecule has 0 saturated carbocycles. The molecule has 2 heterocycles. The van der Waals surface area contributed by atoms with Crippen molar-refractivity contribution in [1.29, 1.82) is 0 Å². The third-order valence-electron chi connectivity index (χ3n) is 5.02. The largest absolute Gasteiger partial charge is 0.455 e. The first-order chi connectivity index (χ1) is 12.7. The first kappa shape index (κ1) is 26.0. The van der Waals surface area contributed by atoms with E-state index in [1.54, 1.807) is 18.2 Å². The Bertz CT molecular complexity index is 1000. The van der Waals surface area contributed by atoms with Gasteiger partial charge in [0, 0.05) is 55.9 Å². The number of nitrogens with zero attached hydrogens (tertiary/aromatic N) is 2. The molecule has 0 amide bonds. The zero-order chi connectivity index (χ0) is 18.1. The molecular weight excluding hydrogens is 458 g/mol. The van der Waals surface area contributed by atoms with Crippen LogP contribution in [-0.4, -0.2) is 54.2 Å². The average Bonchev–Trinajstić information content (AvgIpc) is 2.64. The Morgan fingerprint density at radius 3 is 2.34 bits per heavy atom. The molecule has 1 N–H and O–H groups in total. The van der Waals surface area contributed by atoms with E-state index in [4.69, 9.17) is 21.1 Å². The van der Waals surface area contributed by atoms with E-state index in [-0.39, 0.29) is 49.3 Å². The van der Waals surface area contributed by atoms with Crippen LogP contribution in [0.25, 0.3) is 21.9 Å². The molecule has 0 aliphatic carbocycles. The molecule has 2 aromatic carbocycles. The topological polar surface area (TPSA) is 56.9 Å². The van der Waals surface area contributed by atoms with Crippen LogP contribution in [0.1, 0.15) is 5.56 Å². The van der Waals surface area contributed by atoms with Crippen molar-refractivity contribution in [2.75, 3.05) is 39.3 Å². The summed E-state index contributed by atoms with van der Waals surface area (Å²) < 4.78 is 6.09. The van der Waals surface area contributed by atoms with Crippen molar-refractivity contribution in [3.8, 4) is 0 Å². The molecule has 3 aromatic rings. The standard InChI is InChI=1S/C20H21ClN2O3.3ClH/c21-15-4-5-16-18(12-15)26-20-14(2-1-3-17(20)19(16)25)13-23-8-6-22(7-9-23)10-11-24;;;/h1-5,12,24H,6-11,13H2;3*1H. The van der Waals surface area contributed by atoms with Gasteiger partial charge in [0.2, 0.25) is 5.43 Å². The van der Waals surface area contributed by atoms with Gasteiger partial charge in [-0.05, 0) is 18.2 Å². The predicted octanol–water partition coefficient (Wildman–Crippen LogP) is 3.97. The molecule has 0 spiro atoms. The number of benzene rings is 2. The third kappa shape index (κ3) is 5.56. The Kier molecular flexibility index (Phi) is 10.2. The van der Waals surface area contributed by atoms with Crippen LogP contribution in [-0.2, 0) is 6.54 Å². The Morgan fingerprint density at radius 1 is 0.966 bits per heavy atom. The van der Waals surface area contributed by atoms with Gasteiger partial charge in [0.05, 0.1) is 17.4 Å². The summed E-state index contributed by atoms with van der Waals surface area (Å²) in [5.41, 5.74) is 2.16. The fourth-order valence-electron chi connectivity index (χ4n) is 3.59. The molecule has 0 atom stereocenters. The van der Waals surface area contributed by atoms with Crippen LogP contribution < -0.4 is 5.43 Å². The maximum absolute atomic E-state index is 12.8. The van der Waals surface area contributed by atoms with E-state index in [9.17, 15) is 4.79 Å². The van der Waals surface area contributed by atoms with Crippen LogP contribution in [0.4, 0.5) is 0 Å². The summed E-state index contributed by atoms with van der Waals surface area (Å²) in [6.45, 7) is 5.40. The minimum absolute atomic E-state index is 0. The van der Waals surface area contributed by atoms with E-state index in [1.807, 2.05) is 18.2 Å². The number of fused-ring (bicyclic) bond motifs is 2. The lowest BCUT2D eigenvalue weighted by molar-refractivity contribution is 0.108. The fourth-order valence-corrected chi connectivity index (χ4v) is 3.75. The summed E-state index contributed by atoms with van der Waals surface area (Å²) in [6, 6.07) is 10.9. The molecule has 1 saturated heterocycles. The average molecular weight is 482 g/mol. The summed E-state index contributed by atoms with van der Waals surface area (Å²) in [6.07, 6.45) is 0. The number of aliphatic hydroxyl groups is 1. The second-order valence-corrected chi connectivity index (χ2v) is 7.14. The molecule has 0 unspecified atom stereocenters. The minimum Gasteiger partial charge on any atom is -0.455 e. The molecule has 4 rings (SSSR count). The Morgan fingerprint density at radius 2 is 1.66 bits per heavy atom. The number of para-hydroxylation sites is 1. The van der Waals surface area contributed by atoms with Crippen LogP contribution in [0.5, 0.6) is 0 Å². The second-order valence-electron chi connectivity index (χ2n) is 6.71. The highest BCUT2D eigenvalue weighted by molar-refractivity contribution is 6.31. The van der Waals surface area contributed by atoms with E-state index < -0.39 is 0 Å². The molecule has 1 fully saturated rings. The quantitative estimate of drug-likeness (QED) is 0.571. The lowest BCUT2D eigenvalue weighted by Gasteiger charge is -2.34. The maximum Gasteiger partial charge on any atom is 0.200 e. The van der Waals surface area contributed by atoms with Crippen molar-refractivity contribution in [3.63, 3.8) is 0 Å². The summed E-state index contributed by atoms with van der Waals surface area (Å²) in [4.78, 5) is 17.4. The summed E-state index contributed by atoms with van der Waals surface area (Å²) in [7, 11) is 0. The monoisotopic (exact) mass is 480 g/mol. The smallest absolute Gasteiger partial charge is 0.200 e. The van der Waals surface area contributed by atoms with Crippen LogP contribution in [0.15, 0.2) is 45.6 Å². The molecular formula is C20H24Cl4N2O3. The van der Waals surface area contributed by atoms with E-state index in [1.165, 1.54) is 0 Å².